The number of hydrogen-bond donors (Lipinski definition) is 5. The molecule has 4 heterocycles. The zero-order chi connectivity index (χ0) is 40.3. The van der Waals surface area contributed by atoms with E-state index in [2.05, 4.69) is 76.2 Å². The number of imidazole rings is 2. The fourth-order valence-electron chi connectivity index (χ4n) is 9.85. The Morgan fingerprint density at radius 3 is 2.11 bits per heavy atom. The van der Waals surface area contributed by atoms with Gasteiger partial charge < -0.3 is 40.3 Å². The van der Waals surface area contributed by atoms with Crippen molar-refractivity contribution in [2.75, 3.05) is 20.8 Å². The van der Waals surface area contributed by atoms with E-state index in [4.69, 9.17) is 19.4 Å². The number of nitrogens with zero attached hydrogens (tertiary/aromatic N) is 3. The fraction of sp³-hybridized carbons (Fsp3) is 0.488. The number of aromatic amines is 2. The van der Waals surface area contributed by atoms with E-state index in [0.29, 0.717) is 6.54 Å². The van der Waals surface area contributed by atoms with Crippen LogP contribution in [0.15, 0.2) is 48.8 Å². The smallest absolute Gasteiger partial charge is 0.407 e. The minimum atomic E-state index is -0.693. The van der Waals surface area contributed by atoms with E-state index in [1.807, 2.05) is 38.1 Å². The van der Waals surface area contributed by atoms with E-state index in [0.717, 1.165) is 59.8 Å². The molecule has 2 aliphatic heterocycles. The van der Waals surface area contributed by atoms with Crippen molar-refractivity contribution in [1.82, 2.24) is 40.8 Å². The van der Waals surface area contributed by atoms with E-state index in [1.54, 1.807) is 0 Å². The Hall–Kier alpha value is -5.66. The second-order valence-corrected chi connectivity index (χ2v) is 16.9. The number of rotatable bonds is 8. The molecular weight excluding hydrogens is 725 g/mol. The number of nitrogens with one attached hydrogen (secondary N) is 5. The van der Waals surface area contributed by atoms with Crippen molar-refractivity contribution in [3.05, 3.63) is 71.6 Å². The Kier molecular flexibility index (Phi) is 9.85. The quantitative estimate of drug-likeness (QED) is 0.141. The third-order valence-corrected chi connectivity index (χ3v) is 13.0. The van der Waals surface area contributed by atoms with E-state index < -0.39 is 24.3 Å². The molecule has 14 heteroatoms. The van der Waals surface area contributed by atoms with Crippen LogP contribution in [0.3, 0.4) is 0 Å². The van der Waals surface area contributed by atoms with Crippen LogP contribution < -0.4 is 16.0 Å². The first-order valence-electron chi connectivity index (χ1n) is 20.0. The van der Waals surface area contributed by atoms with Gasteiger partial charge in [-0.2, -0.15) is 0 Å². The zero-order valence-electron chi connectivity index (χ0n) is 33.6. The Bertz CT molecular complexity index is 2230. The number of likely N-dealkylation sites (tertiary alicyclic amines) is 1. The number of carbonyl (C=O) groups is 4. The molecule has 1 saturated carbocycles. The van der Waals surface area contributed by atoms with Gasteiger partial charge >= 0.3 is 12.2 Å². The van der Waals surface area contributed by atoms with Crippen LogP contribution in [0.5, 0.6) is 0 Å². The standard InChI is InChI=1S/C43H52N8O6/c1-21(2)34(49-41(54)56-6)40(53)51-16-8-9-33(51)38-45-20-32(47-38)24-11-13-27-26-12-10-23(17-29(26)43(4,5)30(27)18-24)31-19-44-37(46-31)28-15-14-25-22(3)35(50-42(55)57-7)39(52)48-36(25)28/h10-13,17-22,25,28,33-36H,8-9,14-16H2,1-7H3,(H,44,46)(H,45,47)(H,48,52)(H,49,54)(H,50,55)/t22?,25?,28-,33-,34-,35-,36-/m0/s1. The molecule has 0 radical (unpaired) electrons. The Balaban J connectivity index is 0.994. The highest BCUT2D eigenvalue weighted by Crippen LogP contribution is 2.51. The van der Waals surface area contributed by atoms with E-state index in [-0.39, 0.29) is 53.0 Å². The molecule has 7 atom stereocenters. The number of methoxy groups -OCH3 is 2. The summed E-state index contributed by atoms with van der Waals surface area (Å²) in [5.74, 6) is 1.38. The molecule has 2 aromatic heterocycles. The highest BCUT2D eigenvalue weighted by molar-refractivity contribution is 5.88. The molecular formula is C43H52N8O6. The van der Waals surface area contributed by atoms with Crippen molar-refractivity contribution >= 4 is 24.0 Å². The molecule has 5 N–H and O–H groups in total. The Labute approximate surface area is 332 Å². The highest BCUT2D eigenvalue weighted by Gasteiger charge is 2.50. The van der Waals surface area contributed by atoms with Gasteiger partial charge in [-0.15, -0.1) is 0 Å². The van der Waals surface area contributed by atoms with Crippen molar-refractivity contribution in [2.24, 2.45) is 17.8 Å². The van der Waals surface area contributed by atoms with Gasteiger partial charge in [-0.3, -0.25) is 9.59 Å². The van der Waals surface area contributed by atoms with Gasteiger partial charge in [0.15, 0.2) is 0 Å². The van der Waals surface area contributed by atoms with Crippen LogP contribution in [0.2, 0.25) is 0 Å². The van der Waals surface area contributed by atoms with E-state index >= 15 is 0 Å². The summed E-state index contributed by atoms with van der Waals surface area (Å²) in [6.45, 7) is 10.9. The molecule has 3 fully saturated rings. The van der Waals surface area contributed by atoms with Crippen LogP contribution >= 0.6 is 0 Å². The van der Waals surface area contributed by atoms with Gasteiger partial charge in [-0.1, -0.05) is 58.9 Å². The first-order chi connectivity index (χ1) is 27.3. The lowest BCUT2D eigenvalue weighted by Gasteiger charge is -2.39. The summed E-state index contributed by atoms with van der Waals surface area (Å²) >= 11 is 0. The predicted octanol–water partition coefficient (Wildman–Crippen LogP) is 6.17. The summed E-state index contributed by atoms with van der Waals surface area (Å²) in [6, 6.07) is 11.5. The highest BCUT2D eigenvalue weighted by atomic mass is 16.5. The van der Waals surface area contributed by atoms with Gasteiger partial charge in [0, 0.05) is 23.9 Å². The maximum atomic E-state index is 13.7. The monoisotopic (exact) mass is 776 g/mol. The number of fused-ring (bicyclic) bond motifs is 4. The molecule has 14 nitrogen and oxygen atoms in total. The summed E-state index contributed by atoms with van der Waals surface area (Å²) in [7, 11) is 2.60. The van der Waals surface area contributed by atoms with Gasteiger partial charge in [0.25, 0.3) is 0 Å². The van der Waals surface area contributed by atoms with Crippen LogP contribution in [-0.2, 0) is 24.5 Å². The number of alkyl carbamates (subject to hydrolysis) is 2. The topological polar surface area (TPSA) is 183 Å². The van der Waals surface area contributed by atoms with Crippen molar-refractivity contribution in [2.45, 2.75) is 95.8 Å². The number of carbonyl (C=O) groups excluding carboxylic acids is 4. The number of aromatic nitrogens is 4. The van der Waals surface area contributed by atoms with Gasteiger partial charge in [-0.25, -0.2) is 19.6 Å². The van der Waals surface area contributed by atoms with Gasteiger partial charge in [-0.05, 0) is 89.0 Å². The second kappa shape index (κ2) is 14.7. The summed E-state index contributed by atoms with van der Waals surface area (Å²) < 4.78 is 9.54. The lowest BCUT2D eigenvalue weighted by Crippen LogP contribution is -2.61. The molecule has 300 valence electrons. The van der Waals surface area contributed by atoms with Crippen molar-refractivity contribution in [1.29, 1.82) is 0 Å². The lowest BCUT2D eigenvalue weighted by molar-refractivity contribution is -0.135. The zero-order valence-corrected chi connectivity index (χ0v) is 33.6. The first kappa shape index (κ1) is 38.2. The summed E-state index contributed by atoms with van der Waals surface area (Å²) in [6.07, 6.45) is 5.94. The van der Waals surface area contributed by atoms with Crippen LogP contribution in [0.4, 0.5) is 9.59 Å². The molecule has 8 rings (SSSR count). The van der Waals surface area contributed by atoms with E-state index in [9.17, 15) is 19.2 Å². The number of benzene rings is 2. The fourth-order valence-corrected chi connectivity index (χ4v) is 9.85. The van der Waals surface area contributed by atoms with Crippen LogP contribution in [0.25, 0.3) is 33.6 Å². The average Bonchev–Trinajstić information content (AvgIpc) is 4.05. The number of hydrogen-bond acceptors (Lipinski definition) is 8. The predicted molar refractivity (Wildman–Crippen MR) is 213 cm³/mol. The minimum absolute atomic E-state index is 0.0344. The maximum absolute atomic E-state index is 13.7. The largest absolute Gasteiger partial charge is 0.453 e. The normalized spacial score (nSPS) is 25.0. The van der Waals surface area contributed by atoms with Crippen LogP contribution in [0, 0.1) is 17.8 Å². The third-order valence-electron chi connectivity index (χ3n) is 13.0. The molecule has 0 spiro atoms. The summed E-state index contributed by atoms with van der Waals surface area (Å²) in [5.41, 5.74) is 8.42. The van der Waals surface area contributed by atoms with Gasteiger partial charge in [0.05, 0.1) is 44.0 Å². The minimum Gasteiger partial charge on any atom is -0.453 e. The number of ether oxygens (including phenoxy) is 2. The molecule has 2 unspecified atom stereocenters. The van der Waals surface area contributed by atoms with Gasteiger partial charge in [0.1, 0.15) is 23.7 Å². The average molecular weight is 777 g/mol. The third kappa shape index (κ3) is 6.62. The van der Waals surface area contributed by atoms with Crippen molar-refractivity contribution < 1.29 is 28.7 Å². The number of amides is 4. The van der Waals surface area contributed by atoms with Crippen molar-refractivity contribution in [3.8, 4) is 33.6 Å². The number of H-pyrrole nitrogens is 2. The van der Waals surface area contributed by atoms with Gasteiger partial charge in [0.2, 0.25) is 11.8 Å². The molecule has 4 aliphatic rings. The first-order valence-corrected chi connectivity index (χ1v) is 20.0. The second-order valence-electron chi connectivity index (χ2n) is 16.9. The molecule has 57 heavy (non-hydrogen) atoms. The Morgan fingerprint density at radius 2 is 1.49 bits per heavy atom. The summed E-state index contributed by atoms with van der Waals surface area (Å²) in [5, 5.41) is 8.61. The molecule has 4 aromatic rings. The van der Waals surface area contributed by atoms with Crippen molar-refractivity contribution in [3.63, 3.8) is 0 Å². The SMILES string of the molecule is COC(=O)N[C@H](C(=O)N1CCC[C@H]1c1ncc(-c2ccc3c(c2)C(C)(C)c2cc(-c4cnc([C@H]5CCC6C(C)[C@H](NC(=O)OC)C(=O)N[C@@H]65)[nH]4)ccc2-3)[nH]1)C(C)C. The van der Waals surface area contributed by atoms with Crippen LogP contribution in [0.1, 0.15) is 95.0 Å². The molecule has 2 saturated heterocycles. The number of piperidine rings is 1. The van der Waals surface area contributed by atoms with Crippen LogP contribution in [-0.4, -0.2) is 87.7 Å². The lowest BCUT2D eigenvalue weighted by atomic mass is 9.78. The summed E-state index contributed by atoms with van der Waals surface area (Å²) in [4.78, 5) is 69.3. The van der Waals surface area contributed by atoms with E-state index in [1.165, 1.54) is 36.5 Å². The molecule has 0 bridgehead atoms. The Morgan fingerprint density at radius 1 is 0.877 bits per heavy atom. The molecule has 2 aromatic carbocycles. The molecule has 2 aliphatic carbocycles. The maximum Gasteiger partial charge on any atom is 0.407 e. The molecule has 4 amide bonds.